The second-order valence-corrected chi connectivity index (χ2v) is 8.38. The van der Waals surface area contributed by atoms with Gasteiger partial charge in [0.15, 0.2) is 5.69 Å². The van der Waals surface area contributed by atoms with Gasteiger partial charge in [0.1, 0.15) is 0 Å². The number of nitrogens with zero attached hydrogens (tertiary/aromatic N) is 3. The molecule has 0 unspecified atom stereocenters. The van der Waals surface area contributed by atoms with Gasteiger partial charge in [-0.25, -0.2) is 4.98 Å². The van der Waals surface area contributed by atoms with E-state index in [0.717, 1.165) is 51.6 Å². The van der Waals surface area contributed by atoms with Crippen LogP contribution in [0, 0.1) is 5.92 Å². The van der Waals surface area contributed by atoms with E-state index in [2.05, 4.69) is 17.2 Å². The minimum Gasteiger partial charge on any atom is -0.348 e. The van der Waals surface area contributed by atoms with Gasteiger partial charge in [-0.05, 0) is 43.7 Å². The van der Waals surface area contributed by atoms with Crippen LogP contribution in [-0.4, -0.2) is 45.2 Å². The van der Waals surface area contributed by atoms with Crippen LogP contribution in [0.4, 0.5) is 0 Å². The molecule has 6 heteroatoms. The van der Waals surface area contributed by atoms with Crippen LogP contribution in [0.25, 0.3) is 5.52 Å². The molecular formula is C22H30N4O2. The number of rotatable bonds is 3. The van der Waals surface area contributed by atoms with E-state index >= 15 is 0 Å². The molecular weight excluding hydrogens is 352 g/mol. The van der Waals surface area contributed by atoms with Gasteiger partial charge in [0, 0.05) is 25.3 Å². The molecule has 2 aromatic heterocycles. The van der Waals surface area contributed by atoms with Gasteiger partial charge in [0.2, 0.25) is 5.82 Å². The molecule has 0 radical (unpaired) electrons. The summed E-state index contributed by atoms with van der Waals surface area (Å²) in [6, 6.07) is 5.83. The van der Waals surface area contributed by atoms with Crippen molar-refractivity contribution in [2.75, 3.05) is 13.1 Å². The summed E-state index contributed by atoms with van der Waals surface area (Å²) in [5.41, 5.74) is 1.06. The summed E-state index contributed by atoms with van der Waals surface area (Å²) < 4.78 is 1.77. The molecule has 1 aliphatic heterocycles. The predicted octanol–water partition coefficient (Wildman–Crippen LogP) is 3.66. The van der Waals surface area contributed by atoms with Crippen molar-refractivity contribution in [1.29, 1.82) is 0 Å². The molecule has 1 N–H and O–H groups in total. The third kappa shape index (κ3) is 3.91. The number of hydrogen-bond acceptors (Lipinski definition) is 3. The van der Waals surface area contributed by atoms with E-state index in [0.29, 0.717) is 23.0 Å². The van der Waals surface area contributed by atoms with Gasteiger partial charge < -0.3 is 10.2 Å². The number of carbonyl (C=O) groups excluding carboxylic acids is 2. The lowest BCUT2D eigenvalue weighted by Gasteiger charge is -2.29. The first-order chi connectivity index (χ1) is 13.6. The number of carbonyl (C=O) groups is 2. The van der Waals surface area contributed by atoms with Crippen molar-refractivity contribution < 1.29 is 9.59 Å². The average molecular weight is 383 g/mol. The van der Waals surface area contributed by atoms with Gasteiger partial charge in [-0.1, -0.05) is 38.7 Å². The van der Waals surface area contributed by atoms with Crippen molar-refractivity contribution in [2.45, 2.75) is 64.3 Å². The molecule has 2 amide bonds. The first-order valence-electron chi connectivity index (χ1n) is 10.7. The Hall–Kier alpha value is -2.37. The van der Waals surface area contributed by atoms with Crippen LogP contribution in [0.1, 0.15) is 79.4 Å². The molecule has 1 aliphatic carbocycles. The number of nitrogens with one attached hydrogen (secondary N) is 1. The Labute approximate surface area is 166 Å². The fourth-order valence-corrected chi connectivity index (χ4v) is 4.39. The van der Waals surface area contributed by atoms with E-state index in [9.17, 15) is 9.59 Å². The number of amides is 2. The molecule has 4 rings (SSSR count). The Balaban J connectivity index is 1.59. The lowest BCUT2D eigenvalue weighted by Crippen LogP contribution is -2.39. The first-order valence-corrected chi connectivity index (χ1v) is 10.7. The second-order valence-electron chi connectivity index (χ2n) is 8.38. The van der Waals surface area contributed by atoms with Crippen LogP contribution in [0.3, 0.4) is 0 Å². The van der Waals surface area contributed by atoms with Gasteiger partial charge in [-0.2, -0.15) is 0 Å². The minimum absolute atomic E-state index is 0.0818. The zero-order valence-electron chi connectivity index (χ0n) is 16.7. The Bertz CT molecular complexity index is 843. The second kappa shape index (κ2) is 8.33. The van der Waals surface area contributed by atoms with Crippen molar-refractivity contribution in [3.8, 4) is 0 Å². The molecule has 3 heterocycles. The molecule has 6 nitrogen and oxygen atoms in total. The number of fused-ring (bicyclic) bond motifs is 1. The zero-order valence-corrected chi connectivity index (χ0v) is 16.7. The van der Waals surface area contributed by atoms with Crippen molar-refractivity contribution in [3.63, 3.8) is 0 Å². The summed E-state index contributed by atoms with van der Waals surface area (Å²) in [7, 11) is 0. The first kappa shape index (κ1) is 19.0. The van der Waals surface area contributed by atoms with Crippen LogP contribution in [0.15, 0.2) is 24.4 Å². The van der Waals surface area contributed by atoms with Crippen molar-refractivity contribution in [2.24, 2.45) is 5.92 Å². The highest BCUT2D eigenvalue weighted by atomic mass is 16.2. The molecule has 2 aliphatic rings. The Kier molecular flexibility index (Phi) is 5.64. The topological polar surface area (TPSA) is 66.7 Å². The van der Waals surface area contributed by atoms with Crippen LogP contribution in [-0.2, 0) is 0 Å². The van der Waals surface area contributed by atoms with Crippen molar-refractivity contribution in [3.05, 3.63) is 35.9 Å². The molecule has 0 bridgehead atoms. The standard InChI is InChI=1S/C22H30N4O2/c1-16-11-14-25(15-12-16)22(28)20-24-19(18-10-6-7-13-26(18)20)21(27)23-17-8-4-2-3-5-9-17/h6-7,10,13,16-17H,2-5,8-9,11-12,14-15H2,1H3,(H,23,27). The van der Waals surface area contributed by atoms with Crippen LogP contribution >= 0.6 is 0 Å². The van der Waals surface area contributed by atoms with Gasteiger partial charge >= 0.3 is 0 Å². The number of aromatic nitrogens is 2. The number of hydrogen-bond donors (Lipinski definition) is 1. The zero-order chi connectivity index (χ0) is 19.5. The fraction of sp³-hybridized carbons (Fsp3) is 0.591. The number of likely N-dealkylation sites (tertiary alicyclic amines) is 1. The summed E-state index contributed by atoms with van der Waals surface area (Å²) in [6.45, 7) is 3.74. The molecule has 150 valence electrons. The van der Waals surface area contributed by atoms with E-state index in [1.165, 1.54) is 12.8 Å². The summed E-state index contributed by atoms with van der Waals surface area (Å²) >= 11 is 0. The largest absolute Gasteiger partial charge is 0.348 e. The van der Waals surface area contributed by atoms with Gasteiger partial charge in [0.05, 0.1) is 5.52 Å². The Morgan fingerprint density at radius 1 is 1.04 bits per heavy atom. The van der Waals surface area contributed by atoms with Crippen LogP contribution in [0.2, 0.25) is 0 Å². The third-order valence-corrected chi connectivity index (χ3v) is 6.22. The average Bonchev–Trinajstić information content (AvgIpc) is 2.91. The number of imidazole rings is 1. The molecule has 1 saturated carbocycles. The highest BCUT2D eigenvalue weighted by Crippen LogP contribution is 2.21. The molecule has 1 saturated heterocycles. The summed E-state index contributed by atoms with van der Waals surface area (Å²) in [5.74, 6) is 0.752. The molecule has 0 spiro atoms. The van der Waals surface area contributed by atoms with Gasteiger partial charge in [-0.3, -0.25) is 14.0 Å². The van der Waals surface area contributed by atoms with E-state index in [1.807, 2.05) is 29.3 Å². The summed E-state index contributed by atoms with van der Waals surface area (Å²) in [6.07, 6.45) is 10.7. The van der Waals surface area contributed by atoms with E-state index in [-0.39, 0.29) is 17.9 Å². The lowest BCUT2D eigenvalue weighted by atomic mass is 9.99. The maximum atomic E-state index is 13.1. The number of piperidine rings is 1. The van der Waals surface area contributed by atoms with Crippen LogP contribution in [0.5, 0.6) is 0 Å². The normalized spacial score (nSPS) is 19.5. The predicted molar refractivity (Wildman–Crippen MR) is 108 cm³/mol. The van der Waals surface area contributed by atoms with Crippen LogP contribution < -0.4 is 5.32 Å². The Morgan fingerprint density at radius 2 is 1.75 bits per heavy atom. The fourth-order valence-electron chi connectivity index (χ4n) is 4.39. The molecule has 0 atom stereocenters. The lowest BCUT2D eigenvalue weighted by molar-refractivity contribution is 0.0684. The van der Waals surface area contributed by atoms with E-state index < -0.39 is 0 Å². The quantitative estimate of drug-likeness (QED) is 0.824. The smallest absolute Gasteiger partial charge is 0.290 e. The van der Waals surface area contributed by atoms with Gasteiger partial charge in [0.25, 0.3) is 11.8 Å². The maximum Gasteiger partial charge on any atom is 0.290 e. The monoisotopic (exact) mass is 382 g/mol. The van der Waals surface area contributed by atoms with Crippen molar-refractivity contribution in [1.82, 2.24) is 19.6 Å². The summed E-state index contributed by atoms with van der Waals surface area (Å²) in [4.78, 5) is 32.5. The maximum absolute atomic E-state index is 13.1. The highest BCUT2D eigenvalue weighted by Gasteiger charge is 2.28. The molecule has 2 aromatic rings. The molecule has 28 heavy (non-hydrogen) atoms. The third-order valence-electron chi connectivity index (χ3n) is 6.22. The Morgan fingerprint density at radius 3 is 2.46 bits per heavy atom. The SMILES string of the molecule is CC1CCN(C(=O)c2nc(C(=O)NC3CCCCCC3)c3ccccn23)CC1. The minimum atomic E-state index is -0.165. The summed E-state index contributed by atoms with van der Waals surface area (Å²) in [5, 5.41) is 3.17. The number of pyridine rings is 1. The van der Waals surface area contributed by atoms with E-state index in [4.69, 9.17) is 0 Å². The van der Waals surface area contributed by atoms with Crippen molar-refractivity contribution >= 4 is 17.3 Å². The van der Waals surface area contributed by atoms with Gasteiger partial charge in [-0.15, -0.1) is 0 Å². The highest BCUT2D eigenvalue weighted by molar-refractivity contribution is 6.02. The molecule has 2 fully saturated rings. The molecule has 0 aromatic carbocycles. The van der Waals surface area contributed by atoms with E-state index in [1.54, 1.807) is 4.40 Å².